The molecule has 2 unspecified atom stereocenters. The molecule has 0 saturated carbocycles. The molecule has 1 heterocycles. The Bertz CT molecular complexity index is 735. The molecule has 5 heteroatoms. The second-order valence-electron chi connectivity index (χ2n) is 6.86. The first-order valence-electron chi connectivity index (χ1n) is 9.62. The van der Waals surface area contributed by atoms with Gasteiger partial charge in [-0.15, -0.1) is 0 Å². The Kier molecular flexibility index (Phi) is 7.55. The van der Waals surface area contributed by atoms with Gasteiger partial charge in [0.2, 0.25) is 0 Å². The standard InChI is InChI=1S/C22H28ClN3O/c1-24-22(25-13-12-17-7-5-11-20(23)15-17)26-16-19-10-6-14-27-21(19)18-8-3-2-4-9-18/h2-5,7-9,11,15,19,21H,6,10,12-14,16H2,1H3,(H2,24,25,26). The molecule has 1 aliphatic rings. The van der Waals surface area contributed by atoms with E-state index in [9.17, 15) is 0 Å². The van der Waals surface area contributed by atoms with Gasteiger partial charge in [-0.3, -0.25) is 4.99 Å². The fourth-order valence-electron chi connectivity index (χ4n) is 3.53. The van der Waals surface area contributed by atoms with Crippen LogP contribution in [0.2, 0.25) is 5.02 Å². The first-order valence-corrected chi connectivity index (χ1v) is 9.99. The van der Waals surface area contributed by atoms with Gasteiger partial charge in [0, 0.05) is 37.7 Å². The van der Waals surface area contributed by atoms with Gasteiger partial charge >= 0.3 is 0 Å². The number of benzene rings is 2. The van der Waals surface area contributed by atoms with E-state index in [1.54, 1.807) is 7.05 Å². The van der Waals surface area contributed by atoms with Crippen LogP contribution in [-0.4, -0.2) is 32.7 Å². The summed E-state index contributed by atoms with van der Waals surface area (Å²) in [6, 6.07) is 18.5. The van der Waals surface area contributed by atoms with E-state index < -0.39 is 0 Å². The van der Waals surface area contributed by atoms with Crippen molar-refractivity contribution >= 4 is 17.6 Å². The number of hydrogen-bond donors (Lipinski definition) is 2. The molecule has 2 N–H and O–H groups in total. The Labute approximate surface area is 167 Å². The molecule has 3 rings (SSSR count). The van der Waals surface area contributed by atoms with Crippen molar-refractivity contribution in [3.63, 3.8) is 0 Å². The van der Waals surface area contributed by atoms with E-state index >= 15 is 0 Å². The SMILES string of the molecule is CN=C(NCCc1cccc(Cl)c1)NCC1CCCOC1c1ccccc1. The highest BCUT2D eigenvalue weighted by Crippen LogP contribution is 2.32. The summed E-state index contributed by atoms with van der Waals surface area (Å²) in [7, 11) is 1.81. The van der Waals surface area contributed by atoms with Gasteiger partial charge in [-0.1, -0.05) is 54.1 Å². The van der Waals surface area contributed by atoms with Gasteiger partial charge in [-0.25, -0.2) is 0 Å². The molecule has 4 nitrogen and oxygen atoms in total. The third kappa shape index (κ3) is 5.98. The van der Waals surface area contributed by atoms with Gasteiger partial charge in [0.15, 0.2) is 5.96 Å². The second-order valence-corrected chi connectivity index (χ2v) is 7.30. The molecule has 2 aromatic rings. The summed E-state index contributed by atoms with van der Waals surface area (Å²) < 4.78 is 6.08. The van der Waals surface area contributed by atoms with Crippen LogP contribution in [0.4, 0.5) is 0 Å². The first-order chi connectivity index (χ1) is 13.3. The van der Waals surface area contributed by atoms with Crippen LogP contribution >= 0.6 is 11.6 Å². The summed E-state index contributed by atoms with van der Waals surface area (Å²) in [5, 5.41) is 7.63. The zero-order chi connectivity index (χ0) is 18.9. The quantitative estimate of drug-likeness (QED) is 0.578. The Morgan fingerprint density at radius 1 is 1.15 bits per heavy atom. The van der Waals surface area contributed by atoms with Gasteiger partial charge in [0.1, 0.15) is 0 Å². The molecular weight excluding hydrogens is 358 g/mol. The van der Waals surface area contributed by atoms with Crippen LogP contribution in [0.3, 0.4) is 0 Å². The van der Waals surface area contributed by atoms with Gasteiger partial charge in [-0.2, -0.15) is 0 Å². The third-order valence-electron chi connectivity index (χ3n) is 4.92. The molecule has 0 spiro atoms. The average Bonchev–Trinajstić information content (AvgIpc) is 2.71. The van der Waals surface area contributed by atoms with E-state index in [1.165, 1.54) is 11.1 Å². The average molecular weight is 386 g/mol. The summed E-state index contributed by atoms with van der Waals surface area (Å²) in [5.74, 6) is 1.27. The number of aliphatic imine (C=N–C) groups is 1. The van der Waals surface area contributed by atoms with E-state index in [1.807, 2.05) is 24.3 Å². The van der Waals surface area contributed by atoms with Crippen LogP contribution < -0.4 is 10.6 Å². The number of hydrogen-bond acceptors (Lipinski definition) is 2. The maximum absolute atomic E-state index is 6.08. The van der Waals surface area contributed by atoms with E-state index in [4.69, 9.17) is 16.3 Å². The van der Waals surface area contributed by atoms with Gasteiger partial charge < -0.3 is 15.4 Å². The molecule has 0 aromatic heterocycles. The Balaban J connectivity index is 1.49. The van der Waals surface area contributed by atoms with Crippen molar-refractivity contribution < 1.29 is 4.74 Å². The predicted molar refractivity (Wildman–Crippen MR) is 112 cm³/mol. The summed E-state index contributed by atoms with van der Waals surface area (Å²) >= 11 is 6.05. The summed E-state index contributed by atoms with van der Waals surface area (Å²) in [4.78, 5) is 4.35. The second kappa shape index (κ2) is 10.3. The maximum atomic E-state index is 6.08. The normalized spacial score (nSPS) is 20.3. The highest BCUT2D eigenvalue weighted by molar-refractivity contribution is 6.30. The third-order valence-corrected chi connectivity index (χ3v) is 5.16. The van der Waals surface area contributed by atoms with Crippen molar-refractivity contribution in [3.8, 4) is 0 Å². The molecule has 2 atom stereocenters. The number of ether oxygens (including phenoxy) is 1. The molecule has 0 radical (unpaired) electrons. The number of nitrogens with zero attached hydrogens (tertiary/aromatic N) is 1. The molecule has 1 aliphatic heterocycles. The lowest BCUT2D eigenvalue weighted by Crippen LogP contribution is -2.42. The minimum Gasteiger partial charge on any atom is -0.373 e. The fourth-order valence-corrected chi connectivity index (χ4v) is 3.74. The zero-order valence-electron chi connectivity index (χ0n) is 15.8. The maximum Gasteiger partial charge on any atom is 0.190 e. The molecule has 144 valence electrons. The van der Waals surface area contributed by atoms with E-state index in [0.29, 0.717) is 5.92 Å². The lowest BCUT2D eigenvalue weighted by atomic mass is 9.89. The van der Waals surface area contributed by atoms with Crippen LogP contribution in [0.25, 0.3) is 0 Å². The molecule has 27 heavy (non-hydrogen) atoms. The Hall–Kier alpha value is -2.04. The summed E-state index contributed by atoms with van der Waals surface area (Å²) in [6.07, 6.45) is 3.32. The van der Waals surface area contributed by atoms with E-state index in [0.717, 1.165) is 49.9 Å². The lowest BCUT2D eigenvalue weighted by Gasteiger charge is -2.32. The highest BCUT2D eigenvalue weighted by Gasteiger charge is 2.27. The predicted octanol–water partition coefficient (Wildman–Crippen LogP) is 4.22. The smallest absolute Gasteiger partial charge is 0.190 e. The molecular formula is C22H28ClN3O. The lowest BCUT2D eigenvalue weighted by molar-refractivity contribution is -0.0265. The van der Waals surface area contributed by atoms with Crippen LogP contribution in [0.1, 0.15) is 30.1 Å². The molecule has 0 amide bonds. The Morgan fingerprint density at radius 3 is 2.78 bits per heavy atom. The largest absolute Gasteiger partial charge is 0.373 e. The van der Waals surface area contributed by atoms with Crippen LogP contribution in [0.15, 0.2) is 59.6 Å². The minimum atomic E-state index is 0.150. The first kappa shape index (κ1) is 19.7. The summed E-state index contributed by atoms with van der Waals surface area (Å²) in [5.41, 5.74) is 2.48. The van der Waals surface area contributed by atoms with Gasteiger partial charge in [0.25, 0.3) is 0 Å². The minimum absolute atomic E-state index is 0.150. The molecule has 1 fully saturated rings. The molecule has 0 bridgehead atoms. The van der Waals surface area contributed by atoms with Crippen molar-refractivity contribution in [1.29, 1.82) is 0 Å². The van der Waals surface area contributed by atoms with E-state index in [2.05, 4.69) is 46.0 Å². The van der Waals surface area contributed by atoms with E-state index in [-0.39, 0.29) is 6.10 Å². The molecule has 2 aromatic carbocycles. The van der Waals surface area contributed by atoms with Crippen LogP contribution in [0, 0.1) is 5.92 Å². The number of rotatable bonds is 6. The van der Waals surface area contributed by atoms with Crippen molar-refractivity contribution in [2.24, 2.45) is 10.9 Å². The molecule has 1 saturated heterocycles. The molecule has 0 aliphatic carbocycles. The van der Waals surface area contributed by atoms with Gasteiger partial charge in [-0.05, 0) is 42.5 Å². The van der Waals surface area contributed by atoms with Gasteiger partial charge in [0.05, 0.1) is 6.10 Å². The number of nitrogens with one attached hydrogen (secondary N) is 2. The number of halogens is 1. The van der Waals surface area contributed by atoms with Crippen LogP contribution in [-0.2, 0) is 11.2 Å². The summed E-state index contributed by atoms with van der Waals surface area (Å²) in [6.45, 7) is 2.49. The number of guanidine groups is 1. The fraction of sp³-hybridized carbons (Fsp3) is 0.409. The van der Waals surface area contributed by atoms with Crippen molar-refractivity contribution in [3.05, 3.63) is 70.7 Å². The van der Waals surface area contributed by atoms with Crippen molar-refractivity contribution in [2.45, 2.75) is 25.4 Å². The highest BCUT2D eigenvalue weighted by atomic mass is 35.5. The van der Waals surface area contributed by atoms with Crippen molar-refractivity contribution in [2.75, 3.05) is 26.7 Å². The topological polar surface area (TPSA) is 45.7 Å². The zero-order valence-corrected chi connectivity index (χ0v) is 16.6. The monoisotopic (exact) mass is 385 g/mol. The van der Waals surface area contributed by atoms with Crippen LogP contribution in [0.5, 0.6) is 0 Å². The van der Waals surface area contributed by atoms with Crippen molar-refractivity contribution in [1.82, 2.24) is 10.6 Å². The Morgan fingerprint density at radius 2 is 2.00 bits per heavy atom.